The van der Waals surface area contributed by atoms with Gasteiger partial charge in [0.2, 0.25) is 0 Å². The second-order valence-corrected chi connectivity index (χ2v) is 12.0. The summed E-state index contributed by atoms with van der Waals surface area (Å²) >= 11 is 0. The molecule has 2 saturated carbocycles. The Labute approximate surface area is 145 Å². The van der Waals surface area contributed by atoms with Crippen LogP contribution in [-0.2, 0) is 19.5 Å². The third kappa shape index (κ3) is 12.9. The molecule has 4 nitrogen and oxygen atoms in total. The standard InChI is InChI=1S/2C8H17NOS.CH4/c2*1-11(9,10)7-8-5-3-2-4-6-8;/h2*8-9H,2-7H2,1H3;1H4. The molecule has 0 saturated heterocycles. The van der Waals surface area contributed by atoms with Gasteiger partial charge in [-0.1, -0.05) is 46.0 Å². The van der Waals surface area contributed by atoms with Crippen LogP contribution in [0.4, 0.5) is 0 Å². The van der Waals surface area contributed by atoms with E-state index in [-0.39, 0.29) is 7.43 Å². The zero-order valence-electron chi connectivity index (χ0n) is 14.3. The Morgan fingerprint density at radius 3 is 1.17 bits per heavy atom. The molecule has 0 aromatic heterocycles. The second kappa shape index (κ2) is 10.7. The monoisotopic (exact) mass is 366 g/mol. The van der Waals surface area contributed by atoms with E-state index in [0.29, 0.717) is 23.3 Å². The van der Waals surface area contributed by atoms with Crippen LogP contribution >= 0.6 is 0 Å². The van der Waals surface area contributed by atoms with Crippen molar-refractivity contribution in [3.63, 3.8) is 0 Å². The largest absolute Gasteiger partial charge is 0.253 e. The maximum absolute atomic E-state index is 11.1. The van der Waals surface area contributed by atoms with Gasteiger partial charge in [-0.2, -0.15) is 0 Å². The summed E-state index contributed by atoms with van der Waals surface area (Å²) in [6.07, 6.45) is 15.7. The Hall–Kier alpha value is -0.100. The van der Waals surface area contributed by atoms with Crippen LogP contribution in [0, 0.1) is 21.4 Å². The third-order valence-electron chi connectivity index (χ3n) is 4.56. The molecule has 0 radical (unpaired) electrons. The predicted molar refractivity (Wildman–Crippen MR) is 103 cm³/mol. The molecule has 0 amide bonds. The van der Waals surface area contributed by atoms with Gasteiger partial charge in [0.05, 0.1) is 0 Å². The molecule has 0 aliphatic heterocycles. The van der Waals surface area contributed by atoms with E-state index in [0.717, 1.165) is 0 Å². The van der Waals surface area contributed by atoms with Crippen LogP contribution in [0.25, 0.3) is 0 Å². The molecule has 2 aliphatic carbocycles. The van der Waals surface area contributed by atoms with Gasteiger partial charge in [-0.25, -0.2) is 0 Å². The molecule has 2 atom stereocenters. The van der Waals surface area contributed by atoms with Crippen LogP contribution in [0.5, 0.6) is 0 Å². The highest BCUT2D eigenvalue weighted by atomic mass is 32.2. The maximum Gasteiger partial charge on any atom is 0.0415 e. The third-order valence-corrected chi connectivity index (χ3v) is 6.77. The lowest BCUT2D eigenvalue weighted by Crippen LogP contribution is -2.16. The number of rotatable bonds is 4. The van der Waals surface area contributed by atoms with Gasteiger partial charge >= 0.3 is 0 Å². The second-order valence-electron chi connectivity index (χ2n) is 7.35. The molecule has 2 unspecified atom stereocenters. The summed E-state index contributed by atoms with van der Waals surface area (Å²) in [5.41, 5.74) is 0. The topological polar surface area (TPSA) is 81.8 Å². The van der Waals surface area contributed by atoms with Gasteiger partial charge in [0, 0.05) is 43.5 Å². The van der Waals surface area contributed by atoms with Crippen LogP contribution in [-0.4, -0.2) is 32.4 Å². The highest BCUT2D eigenvalue weighted by Gasteiger charge is 2.16. The van der Waals surface area contributed by atoms with Gasteiger partial charge in [-0.3, -0.25) is 18.0 Å². The first-order chi connectivity index (χ1) is 10.2. The molecular formula is C17H38N2O2S2. The van der Waals surface area contributed by atoms with Crippen molar-refractivity contribution >= 4 is 19.5 Å². The van der Waals surface area contributed by atoms with Crippen molar-refractivity contribution in [2.75, 3.05) is 24.0 Å². The van der Waals surface area contributed by atoms with Crippen molar-refractivity contribution in [1.29, 1.82) is 9.56 Å². The fraction of sp³-hybridized carbons (Fsp3) is 1.00. The van der Waals surface area contributed by atoms with Gasteiger partial charge in [0.25, 0.3) is 0 Å². The maximum atomic E-state index is 11.1. The van der Waals surface area contributed by atoms with Crippen molar-refractivity contribution in [1.82, 2.24) is 0 Å². The van der Waals surface area contributed by atoms with E-state index in [1.165, 1.54) is 64.2 Å². The van der Waals surface area contributed by atoms with E-state index in [2.05, 4.69) is 0 Å². The summed E-state index contributed by atoms with van der Waals surface area (Å²) in [6, 6.07) is 0. The first-order valence-electron chi connectivity index (χ1n) is 8.58. The normalized spacial score (nSPS) is 25.1. The molecule has 0 heterocycles. The molecule has 2 N–H and O–H groups in total. The molecule has 0 aromatic rings. The molecular weight excluding hydrogens is 328 g/mol. The van der Waals surface area contributed by atoms with E-state index in [1.807, 2.05) is 0 Å². The minimum absolute atomic E-state index is 0. The Kier molecular flexibility index (Phi) is 10.7. The lowest BCUT2D eigenvalue weighted by Gasteiger charge is -2.20. The first kappa shape index (κ1) is 22.9. The Morgan fingerprint density at radius 2 is 0.957 bits per heavy atom. The van der Waals surface area contributed by atoms with Crippen molar-refractivity contribution in [2.45, 2.75) is 71.6 Å². The van der Waals surface area contributed by atoms with Crippen LogP contribution in [0.15, 0.2) is 0 Å². The molecule has 0 spiro atoms. The van der Waals surface area contributed by atoms with E-state index >= 15 is 0 Å². The zero-order valence-corrected chi connectivity index (χ0v) is 15.9. The van der Waals surface area contributed by atoms with E-state index in [9.17, 15) is 8.42 Å². The van der Waals surface area contributed by atoms with Crippen LogP contribution in [0.3, 0.4) is 0 Å². The molecule has 140 valence electrons. The summed E-state index contributed by atoms with van der Waals surface area (Å²) in [5, 5.41) is 0. The van der Waals surface area contributed by atoms with Crippen molar-refractivity contribution in [2.24, 2.45) is 11.8 Å². The minimum atomic E-state index is -2.22. The average Bonchev–Trinajstić information content (AvgIpc) is 2.38. The van der Waals surface area contributed by atoms with Gasteiger partial charge in [0.1, 0.15) is 0 Å². The Morgan fingerprint density at radius 1 is 0.696 bits per heavy atom. The Balaban J connectivity index is 0.000000403. The average molecular weight is 367 g/mol. The summed E-state index contributed by atoms with van der Waals surface area (Å²) in [6.45, 7) is 0. The fourth-order valence-corrected chi connectivity index (χ4v) is 6.07. The summed E-state index contributed by atoms with van der Waals surface area (Å²) in [5.74, 6) is 2.43. The molecule has 0 aromatic carbocycles. The first-order valence-corrected chi connectivity index (χ1v) is 12.9. The van der Waals surface area contributed by atoms with Crippen LogP contribution < -0.4 is 0 Å². The van der Waals surface area contributed by atoms with Gasteiger partial charge in [-0.05, 0) is 37.5 Å². The highest BCUT2D eigenvalue weighted by molar-refractivity contribution is 7.91. The smallest absolute Gasteiger partial charge is 0.0415 e. The van der Waals surface area contributed by atoms with Gasteiger partial charge in [-0.15, -0.1) is 0 Å². The van der Waals surface area contributed by atoms with E-state index < -0.39 is 19.5 Å². The van der Waals surface area contributed by atoms with E-state index in [4.69, 9.17) is 9.56 Å². The van der Waals surface area contributed by atoms with E-state index in [1.54, 1.807) is 12.5 Å². The highest BCUT2D eigenvalue weighted by Crippen LogP contribution is 2.25. The molecule has 0 bridgehead atoms. The summed E-state index contributed by atoms with van der Waals surface area (Å²) in [7, 11) is -4.45. The minimum Gasteiger partial charge on any atom is -0.253 e. The number of hydrogen-bond acceptors (Lipinski definition) is 4. The zero-order chi connectivity index (χ0) is 16.6. The number of hydrogen-bond donors (Lipinski definition) is 2. The molecule has 23 heavy (non-hydrogen) atoms. The molecule has 2 fully saturated rings. The molecule has 6 heteroatoms. The Bertz CT molecular complexity index is 453. The van der Waals surface area contributed by atoms with Gasteiger partial charge in [0.15, 0.2) is 0 Å². The molecule has 2 aliphatic rings. The summed E-state index contributed by atoms with van der Waals surface area (Å²) < 4.78 is 36.8. The van der Waals surface area contributed by atoms with Crippen molar-refractivity contribution in [3.05, 3.63) is 0 Å². The predicted octanol–water partition coefficient (Wildman–Crippen LogP) is 5.12. The van der Waals surface area contributed by atoms with Gasteiger partial charge < -0.3 is 0 Å². The SMILES string of the molecule is C.CS(=N)(=O)CC1CCCCC1.CS(=N)(=O)CC1CCCCC1. The van der Waals surface area contributed by atoms with Crippen molar-refractivity contribution < 1.29 is 8.42 Å². The lowest BCUT2D eigenvalue weighted by molar-refractivity contribution is 0.388. The fourth-order valence-electron chi connectivity index (χ4n) is 3.61. The molecule has 2 rings (SSSR count). The quantitative estimate of drug-likeness (QED) is 0.723. The van der Waals surface area contributed by atoms with Crippen molar-refractivity contribution in [3.8, 4) is 0 Å². The number of nitrogens with one attached hydrogen (secondary N) is 2. The summed E-state index contributed by atoms with van der Waals surface area (Å²) in [4.78, 5) is 0. The van der Waals surface area contributed by atoms with Crippen LogP contribution in [0.1, 0.15) is 71.6 Å². The van der Waals surface area contributed by atoms with Crippen LogP contribution in [0.2, 0.25) is 0 Å². The lowest BCUT2D eigenvalue weighted by atomic mass is 9.91.